The molecule has 6 heteroatoms. The summed E-state index contributed by atoms with van der Waals surface area (Å²) in [4.78, 5) is 22.8. The molecule has 0 aliphatic carbocycles. The first-order chi connectivity index (χ1) is 9.79. The Balaban J connectivity index is 2.71. The largest absolute Gasteiger partial charge is 0.480 e. The number of amides is 1. The van der Waals surface area contributed by atoms with Crippen molar-refractivity contribution in [3.63, 3.8) is 0 Å². The Bertz CT molecular complexity index is 556. The molecule has 0 aliphatic heterocycles. The van der Waals surface area contributed by atoms with Gasteiger partial charge in [-0.25, -0.2) is 4.79 Å². The van der Waals surface area contributed by atoms with E-state index in [-0.39, 0.29) is 5.92 Å². The van der Waals surface area contributed by atoms with Gasteiger partial charge in [-0.15, -0.1) is 0 Å². The van der Waals surface area contributed by atoms with Crippen molar-refractivity contribution in [3.05, 3.63) is 39.9 Å². The van der Waals surface area contributed by atoms with E-state index in [1.807, 2.05) is 13.8 Å². The van der Waals surface area contributed by atoms with Gasteiger partial charge in [-0.05, 0) is 36.1 Å². The van der Waals surface area contributed by atoms with Gasteiger partial charge in [0.25, 0.3) is 0 Å². The van der Waals surface area contributed by atoms with Crippen molar-refractivity contribution >= 4 is 41.2 Å². The molecule has 114 valence electrons. The SMILES string of the molecule is CC(C)CC(NC(=O)/C=C/c1ccc(Cl)cc1Cl)C(=O)O. The van der Waals surface area contributed by atoms with Gasteiger partial charge in [0, 0.05) is 16.1 Å². The van der Waals surface area contributed by atoms with Gasteiger partial charge in [-0.3, -0.25) is 4.79 Å². The number of hydrogen-bond donors (Lipinski definition) is 2. The van der Waals surface area contributed by atoms with Crippen LogP contribution >= 0.6 is 23.2 Å². The van der Waals surface area contributed by atoms with Gasteiger partial charge in [0.15, 0.2) is 0 Å². The molecule has 1 amide bonds. The van der Waals surface area contributed by atoms with Gasteiger partial charge in [0.1, 0.15) is 6.04 Å². The fourth-order valence-corrected chi connectivity index (χ4v) is 2.19. The summed E-state index contributed by atoms with van der Waals surface area (Å²) in [6, 6.07) is 4.00. The Morgan fingerprint density at radius 3 is 2.52 bits per heavy atom. The minimum atomic E-state index is -1.05. The number of carboxylic acids is 1. The number of hydrogen-bond acceptors (Lipinski definition) is 2. The molecule has 0 saturated heterocycles. The number of nitrogens with one attached hydrogen (secondary N) is 1. The molecule has 1 unspecified atom stereocenters. The first-order valence-corrected chi connectivity index (χ1v) is 7.21. The lowest BCUT2D eigenvalue weighted by molar-refractivity contribution is -0.141. The highest BCUT2D eigenvalue weighted by Gasteiger charge is 2.19. The van der Waals surface area contributed by atoms with Crippen molar-refractivity contribution in [1.82, 2.24) is 5.32 Å². The summed E-state index contributed by atoms with van der Waals surface area (Å²) in [5, 5.41) is 12.4. The highest BCUT2D eigenvalue weighted by Crippen LogP contribution is 2.21. The van der Waals surface area contributed by atoms with Crippen LogP contribution < -0.4 is 5.32 Å². The monoisotopic (exact) mass is 329 g/mol. The van der Waals surface area contributed by atoms with Crippen LogP contribution in [0, 0.1) is 5.92 Å². The Morgan fingerprint density at radius 1 is 1.33 bits per heavy atom. The third-order valence-electron chi connectivity index (χ3n) is 2.70. The van der Waals surface area contributed by atoms with E-state index < -0.39 is 17.9 Å². The van der Waals surface area contributed by atoms with Crippen LogP contribution in [0.1, 0.15) is 25.8 Å². The Labute approximate surface area is 133 Å². The fourth-order valence-electron chi connectivity index (χ4n) is 1.71. The zero-order valence-corrected chi connectivity index (χ0v) is 13.3. The molecular weight excluding hydrogens is 313 g/mol. The van der Waals surface area contributed by atoms with Crippen LogP contribution in [0.4, 0.5) is 0 Å². The smallest absolute Gasteiger partial charge is 0.326 e. The molecule has 0 aliphatic rings. The van der Waals surface area contributed by atoms with Gasteiger partial charge in [-0.2, -0.15) is 0 Å². The molecule has 1 aromatic carbocycles. The van der Waals surface area contributed by atoms with E-state index >= 15 is 0 Å². The van der Waals surface area contributed by atoms with Gasteiger partial charge in [0.05, 0.1) is 0 Å². The second-order valence-corrected chi connectivity index (χ2v) is 5.87. The minimum absolute atomic E-state index is 0.168. The lowest BCUT2D eigenvalue weighted by Crippen LogP contribution is -2.40. The van der Waals surface area contributed by atoms with Crippen molar-refractivity contribution in [1.29, 1.82) is 0 Å². The lowest BCUT2D eigenvalue weighted by atomic mass is 10.0. The normalized spacial score (nSPS) is 12.6. The minimum Gasteiger partial charge on any atom is -0.480 e. The van der Waals surface area contributed by atoms with Gasteiger partial charge in [0.2, 0.25) is 5.91 Å². The van der Waals surface area contributed by atoms with Crippen LogP contribution in [0.5, 0.6) is 0 Å². The van der Waals surface area contributed by atoms with E-state index in [0.29, 0.717) is 22.0 Å². The number of carbonyl (C=O) groups excluding carboxylic acids is 1. The maximum absolute atomic E-state index is 11.8. The number of rotatable bonds is 6. The van der Waals surface area contributed by atoms with Crippen LogP contribution in [-0.2, 0) is 9.59 Å². The maximum atomic E-state index is 11.8. The van der Waals surface area contributed by atoms with Crippen molar-refractivity contribution < 1.29 is 14.7 Å². The van der Waals surface area contributed by atoms with E-state index in [9.17, 15) is 9.59 Å². The molecule has 1 aromatic rings. The molecular formula is C15H17Cl2NO3. The number of carboxylic acid groups (broad SMARTS) is 1. The van der Waals surface area contributed by atoms with E-state index in [0.717, 1.165) is 0 Å². The third-order valence-corrected chi connectivity index (χ3v) is 3.26. The fraction of sp³-hybridized carbons (Fsp3) is 0.333. The summed E-state index contributed by atoms with van der Waals surface area (Å²) in [5.74, 6) is -1.36. The van der Waals surface area contributed by atoms with Crippen molar-refractivity contribution in [2.45, 2.75) is 26.3 Å². The summed E-state index contributed by atoms with van der Waals surface area (Å²) in [6.07, 6.45) is 3.14. The van der Waals surface area contributed by atoms with Crippen molar-refractivity contribution in [2.24, 2.45) is 5.92 Å². The predicted molar refractivity (Wildman–Crippen MR) is 84.5 cm³/mol. The van der Waals surface area contributed by atoms with E-state index in [4.69, 9.17) is 28.3 Å². The first kappa shape index (κ1) is 17.5. The molecule has 0 fully saturated rings. The molecule has 1 atom stereocenters. The molecule has 0 saturated carbocycles. The number of benzene rings is 1. The topological polar surface area (TPSA) is 66.4 Å². The summed E-state index contributed by atoms with van der Waals surface area (Å²) in [5.41, 5.74) is 0.631. The average Bonchev–Trinajstić information content (AvgIpc) is 2.36. The van der Waals surface area contributed by atoms with E-state index in [2.05, 4.69) is 5.32 Å². The van der Waals surface area contributed by atoms with Gasteiger partial charge < -0.3 is 10.4 Å². The lowest BCUT2D eigenvalue weighted by Gasteiger charge is -2.15. The van der Waals surface area contributed by atoms with Gasteiger partial charge in [-0.1, -0.05) is 43.1 Å². The van der Waals surface area contributed by atoms with Crippen molar-refractivity contribution in [2.75, 3.05) is 0 Å². The molecule has 0 spiro atoms. The van der Waals surface area contributed by atoms with E-state index in [1.54, 1.807) is 18.2 Å². The highest BCUT2D eigenvalue weighted by atomic mass is 35.5. The second kappa shape index (κ2) is 8.05. The van der Waals surface area contributed by atoms with Crippen LogP contribution in [0.25, 0.3) is 6.08 Å². The molecule has 21 heavy (non-hydrogen) atoms. The quantitative estimate of drug-likeness (QED) is 0.783. The van der Waals surface area contributed by atoms with Crippen LogP contribution in [0.3, 0.4) is 0 Å². The molecule has 2 N–H and O–H groups in total. The summed E-state index contributed by atoms with van der Waals surface area (Å²) < 4.78 is 0. The Morgan fingerprint density at radius 2 is 2.00 bits per heavy atom. The molecule has 0 aromatic heterocycles. The number of aliphatic carboxylic acids is 1. The number of carbonyl (C=O) groups is 2. The summed E-state index contributed by atoms with van der Waals surface area (Å²) >= 11 is 11.8. The summed E-state index contributed by atoms with van der Waals surface area (Å²) in [7, 11) is 0. The van der Waals surface area contributed by atoms with Crippen molar-refractivity contribution in [3.8, 4) is 0 Å². The Kier molecular flexibility index (Phi) is 6.72. The molecule has 4 nitrogen and oxygen atoms in total. The standard InChI is InChI=1S/C15H17Cl2NO3/c1-9(2)7-13(15(20)21)18-14(19)6-4-10-3-5-11(16)8-12(10)17/h3-6,8-9,13H,7H2,1-2H3,(H,18,19)(H,20,21)/b6-4+. The molecule has 0 radical (unpaired) electrons. The zero-order valence-electron chi connectivity index (χ0n) is 11.8. The average molecular weight is 330 g/mol. The molecule has 0 heterocycles. The van der Waals surface area contributed by atoms with Gasteiger partial charge >= 0.3 is 5.97 Å². The third kappa shape index (κ3) is 6.19. The maximum Gasteiger partial charge on any atom is 0.326 e. The summed E-state index contributed by atoms with van der Waals surface area (Å²) in [6.45, 7) is 3.79. The zero-order chi connectivity index (χ0) is 16.0. The second-order valence-electron chi connectivity index (χ2n) is 5.03. The molecule has 0 bridgehead atoms. The van der Waals surface area contributed by atoms with E-state index in [1.165, 1.54) is 12.2 Å². The molecule has 1 rings (SSSR count). The van der Waals surface area contributed by atoms with Crippen LogP contribution in [0.15, 0.2) is 24.3 Å². The Hall–Kier alpha value is -1.52. The van der Waals surface area contributed by atoms with Crippen LogP contribution in [0.2, 0.25) is 10.0 Å². The first-order valence-electron chi connectivity index (χ1n) is 6.46. The number of halogens is 2. The predicted octanol–water partition coefficient (Wildman–Crippen LogP) is 3.62. The van der Waals surface area contributed by atoms with Crippen LogP contribution in [-0.4, -0.2) is 23.0 Å². The highest BCUT2D eigenvalue weighted by molar-refractivity contribution is 6.35.